The summed E-state index contributed by atoms with van der Waals surface area (Å²) in [4.78, 5) is 23.1. The second kappa shape index (κ2) is 6.27. The lowest BCUT2D eigenvalue weighted by Gasteiger charge is -2.11. The lowest BCUT2D eigenvalue weighted by molar-refractivity contribution is -0.385. The number of anilines is 3. The zero-order valence-electron chi connectivity index (χ0n) is 13.9. The highest BCUT2D eigenvalue weighted by atomic mass is 16.6. The molecule has 0 aromatic heterocycles. The van der Waals surface area contributed by atoms with Gasteiger partial charge in [0.25, 0.3) is 11.6 Å². The molecule has 1 aliphatic rings. The normalized spacial score (nSPS) is 14.7. The molecule has 7 heteroatoms. The van der Waals surface area contributed by atoms with Crippen molar-refractivity contribution in [2.75, 3.05) is 16.4 Å². The van der Waals surface area contributed by atoms with Gasteiger partial charge < -0.3 is 16.4 Å². The van der Waals surface area contributed by atoms with Gasteiger partial charge in [-0.3, -0.25) is 14.9 Å². The number of hydrogen-bond donors (Lipinski definition) is 3. The number of carbonyl (C=O) groups is 1. The third-order valence-corrected chi connectivity index (χ3v) is 4.16. The smallest absolute Gasteiger partial charge is 0.274 e. The third kappa shape index (κ3) is 3.03. The van der Waals surface area contributed by atoms with E-state index in [1.165, 1.54) is 6.07 Å². The van der Waals surface area contributed by atoms with Crippen molar-refractivity contribution in [3.63, 3.8) is 0 Å². The molecule has 0 saturated carbocycles. The molecule has 0 bridgehead atoms. The lowest BCUT2D eigenvalue weighted by Crippen LogP contribution is -2.09. The van der Waals surface area contributed by atoms with Crippen LogP contribution in [-0.2, 0) is 11.2 Å². The van der Waals surface area contributed by atoms with Gasteiger partial charge in [-0.1, -0.05) is 13.0 Å². The fourth-order valence-corrected chi connectivity index (χ4v) is 2.95. The highest BCUT2D eigenvalue weighted by molar-refractivity contribution is 6.32. The predicted molar refractivity (Wildman–Crippen MR) is 98.2 cm³/mol. The molecule has 128 valence electrons. The molecular weight excluding hydrogens is 320 g/mol. The summed E-state index contributed by atoms with van der Waals surface area (Å²) in [6, 6.07) is 10.2. The van der Waals surface area contributed by atoms with E-state index in [4.69, 9.17) is 5.73 Å². The van der Waals surface area contributed by atoms with Crippen LogP contribution in [0.2, 0.25) is 0 Å². The van der Waals surface area contributed by atoms with Crippen LogP contribution in [0.15, 0.2) is 42.1 Å². The number of fused-ring (bicyclic) bond motifs is 1. The van der Waals surface area contributed by atoms with Gasteiger partial charge in [-0.05, 0) is 37.6 Å². The fourth-order valence-electron chi connectivity index (χ4n) is 2.95. The molecule has 1 aliphatic heterocycles. The van der Waals surface area contributed by atoms with Crippen LogP contribution in [0.4, 0.5) is 22.7 Å². The summed E-state index contributed by atoms with van der Waals surface area (Å²) in [5.74, 6) is -0.231. The maximum Gasteiger partial charge on any atom is 0.274 e. The van der Waals surface area contributed by atoms with Gasteiger partial charge in [-0.2, -0.15) is 0 Å². The van der Waals surface area contributed by atoms with E-state index in [1.54, 1.807) is 37.3 Å². The Morgan fingerprint density at radius 2 is 2.04 bits per heavy atom. The van der Waals surface area contributed by atoms with Gasteiger partial charge in [0.1, 0.15) is 0 Å². The molecule has 0 spiro atoms. The van der Waals surface area contributed by atoms with Gasteiger partial charge in [-0.15, -0.1) is 0 Å². The first kappa shape index (κ1) is 16.5. The van der Waals surface area contributed by atoms with E-state index < -0.39 is 4.92 Å². The summed E-state index contributed by atoms with van der Waals surface area (Å²) in [5.41, 5.74) is 10.1. The van der Waals surface area contributed by atoms with Crippen LogP contribution in [0.3, 0.4) is 0 Å². The summed E-state index contributed by atoms with van der Waals surface area (Å²) in [7, 11) is 0. The van der Waals surface area contributed by atoms with Gasteiger partial charge in [0.05, 0.1) is 10.5 Å². The van der Waals surface area contributed by atoms with Crippen LogP contribution in [-0.4, -0.2) is 10.8 Å². The van der Waals surface area contributed by atoms with Crippen molar-refractivity contribution < 1.29 is 9.72 Å². The SMILES string of the molecule is CCc1ccc(N/C(C)=C2\C(=O)Nc3ccc(N)cc32)cc1[N+](=O)[O-]. The molecule has 0 aliphatic carbocycles. The highest BCUT2D eigenvalue weighted by Crippen LogP contribution is 2.35. The highest BCUT2D eigenvalue weighted by Gasteiger charge is 2.26. The second-order valence-corrected chi connectivity index (χ2v) is 5.84. The lowest BCUT2D eigenvalue weighted by atomic mass is 10.0. The molecular formula is C18H18N4O3. The first-order valence-corrected chi connectivity index (χ1v) is 7.87. The van der Waals surface area contributed by atoms with Gasteiger partial charge in [0.15, 0.2) is 0 Å². The topological polar surface area (TPSA) is 110 Å². The third-order valence-electron chi connectivity index (χ3n) is 4.16. The Balaban J connectivity index is 2.00. The molecule has 0 radical (unpaired) electrons. The average Bonchev–Trinajstić information content (AvgIpc) is 2.89. The van der Waals surface area contributed by atoms with Crippen molar-refractivity contribution in [2.45, 2.75) is 20.3 Å². The maximum atomic E-state index is 12.3. The molecule has 4 N–H and O–H groups in total. The first-order chi connectivity index (χ1) is 11.9. The number of nitrogens with one attached hydrogen (secondary N) is 2. The Kier molecular flexibility index (Phi) is 4.14. The summed E-state index contributed by atoms with van der Waals surface area (Å²) >= 11 is 0. The quantitative estimate of drug-likeness (QED) is 0.342. The summed E-state index contributed by atoms with van der Waals surface area (Å²) in [6.07, 6.45) is 0.575. The average molecular weight is 338 g/mol. The minimum absolute atomic E-state index is 0.0609. The van der Waals surface area contributed by atoms with E-state index in [2.05, 4.69) is 10.6 Å². The number of benzene rings is 2. The van der Waals surface area contributed by atoms with Gasteiger partial charge in [0, 0.05) is 40.0 Å². The number of hydrogen-bond acceptors (Lipinski definition) is 5. The minimum Gasteiger partial charge on any atom is -0.399 e. The Hall–Kier alpha value is -3.35. The number of nitro groups is 1. The zero-order chi connectivity index (χ0) is 18.1. The number of carbonyl (C=O) groups excluding carboxylic acids is 1. The van der Waals surface area contributed by atoms with E-state index in [9.17, 15) is 14.9 Å². The molecule has 7 nitrogen and oxygen atoms in total. The van der Waals surface area contributed by atoms with E-state index in [0.29, 0.717) is 40.3 Å². The molecule has 0 atom stereocenters. The molecule has 25 heavy (non-hydrogen) atoms. The number of nitrogens with two attached hydrogens (primary N) is 1. The largest absolute Gasteiger partial charge is 0.399 e. The van der Waals surface area contributed by atoms with Crippen molar-refractivity contribution in [1.82, 2.24) is 0 Å². The minimum atomic E-state index is -0.398. The van der Waals surface area contributed by atoms with Crippen LogP contribution in [0, 0.1) is 10.1 Å². The predicted octanol–water partition coefficient (Wildman–Crippen LogP) is 3.53. The molecule has 0 saturated heterocycles. The van der Waals surface area contributed by atoms with E-state index in [1.807, 2.05) is 6.92 Å². The molecule has 0 unspecified atom stereocenters. The molecule has 2 aromatic rings. The summed E-state index contributed by atoms with van der Waals surface area (Å²) in [6.45, 7) is 3.62. The van der Waals surface area contributed by atoms with Crippen molar-refractivity contribution in [2.24, 2.45) is 0 Å². The zero-order valence-corrected chi connectivity index (χ0v) is 13.9. The molecule has 3 rings (SSSR count). The Morgan fingerprint density at radius 3 is 2.72 bits per heavy atom. The number of rotatable bonds is 4. The standard InChI is InChI=1S/C18H18N4O3/c1-3-11-4-6-13(9-16(11)22(24)25)20-10(2)17-14-8-12(19)5-7-15(14)21-18(17)23/h4-9,20H,3,19H2,1-2H3,(H,21,23)/b17-10-. The van der Waals surface area contributed by atoms with Gasteiger partial charge >= 0.3 is 0 Å². The fraction of sp³-hybridized carbons (Fsp3) is 0.167. The van der Waals surface area contributed by atoms with Crippen molar-refractivity contribution in [3.8, 4) is 0 Å². The van der Waals surface area contributed by atoms with E-state index in [-0.39, 0.29) is 11.6 Å². The van der Waals surface area contributed by atoms with Gasteiger partial charge in [-0.25, -0.2) is 0 Å². The molecule has 1 amide bonds. The molecule has 0 fully saturated rings. The van der Waals surface area contributed by atoms with E-state index in [0.717, 1.165) is 5.56 Å². The van der Waals surface area contributed by atoms with Crippen LogP contribution in [0.5, 0.6) is 0 Å². The summed E-state index contributed by atoms with van der Waals surface area (Å²) < 4.78 is 0. The van der Waals surface area contributed by atoms with Crippen LogP contribution < -0.4 is 16.4 Å². The van der Waals surface area contributed by atoms with Crippen molar-refractivity contribution in [3.05, 3.63) is 63.3 Å². The number of nitro benzene ring substituents is 1. The summed E-state index contributed by atoms with van der Waals surface area (Å²) in [5, 5.41) is 17.1. The maximum absolute atomic E-state index is 12.3. The van der Waals surface area contributed by atoms with Crippen LogP contribution >= 0.6 is 0 Å². The Morgan fingerprint density at radius 1 is 1.28 bits per heavy atom. The number of amides is 1. The van der Waals surface area contributed by atoms with Crippen LogP contribution in [0.25, 0.3) is 5.57 Å². The van der Waals surface area contributed by atoms with Gasteiger partial charge in [0.2, 0.25) is 0 Å². The van der Waals surface area contributed by atoms with Crippen molar-refractivity contribution >= 4 is 34.2 Å². The number of aryl methyl sites for hydroxylation is 1. The Bertz CT molecular complexity index is 919. The number of nitrogen functional groups attached to an aromatic ring is 1. The van der Waals surface area contributed by atoms with E-state index >= 15 is 0 Å². The molecule has 2 aromatic carbocycles. The van der Waals surface area contributed by atoms with Crippen LogP contribution in [0.1, 0.15) is 25.0 Å². The Labute approximate surface area is 144 Å². The first-order valence-electron chi connectivity index (χ1n) is 7.87. The van der Waals surface area contributed by atoms with Crippen molar-refractivity contribution in [1.29, 1.82) is 0 Å². The molecule has 1 heterocycles. The number of nitrogens with zero attached hydrogens (tertiary/aromatic N) is 1. The monoisotopic (exact) mass is 338 g/mol. The second-order valence-electron chi connectivity index (χ2n) is 5.84. The number of allylic oxidation sites excluding steroid dienone is 1.